The number of nitrogens with zero attached hydrogens (tertiary/aromatic N) is 1. The average Bonchev–Trinajstić information content (AvgIpc) is 3.36. The molecule has 1 aromatic heterocycles. The minimum atomic E-state index is -0.278. The monoisotopic (exact) mass is 458 g/mol. The fraction of sp³-hybridized carbons (Fsp3) is 0.478. The maximum absolute atomic E-state index is 12.6. The van der Waals surface area contributed by atoms with Crippen LogP contribution in [-0.2, 0) is 16.0 Å². The van der Waals surface area contributed by atoms with E-state index in [4.69, 9.17) is 9.47 Å². The van der Waals surface area contributed by atoms with Crippen LogP contribution < -0.4 is 16.0 Å². The van der Waals surface area contributed by atoms with Crippen molar-refractivity contribution >= 4 is 29.0 Å². The SMILES string of the molecule is O=C(NCC1(N2CCOCC2)CCOCC1)Nc1cccc(C(=O)NCc2cccs2)c1. The van der Waals surface area contributed by atoms with Crippen molar-refractivity contribution in [2.45, 2.75) is 24.9 Å². The first-order valence-corrected chi connectivity index (χ1v) is 11.9. The highest BCUT2D eigenvalue weighted by Gasteiger charge is 2.39. The van der Waals surface area contributed by atoms with Gasteiger partial charge in [0.1, 0.15) is 0 Å². The number of hydrogen-bond acceptors (Lipinski definition) is 6. The number of nitrogens with one attached hydrogen (secondary N) is 3. The van der Waals surface area contributed by atoms with Crippen LogP contribution >= 0.6 is 11.3 Å². The van der Waals surface area contributed by atoms with E-state index in [1.807, 2.05) is 17.5 Å². The van der Waals surface area contributed by atoms with Gasteiger partial charge in [0.2, 0.25) is 0 Å². The summed E-state index contributed by atoms with van der Waals surface area (Å²) in [5, 5.41) is 10.8. The van der Waals surface area contributed by atoms with Crippen LogP contribution in [0.3, 0.4) is 0 Å². The van der Waals surface area contributed by atoms with E-state index in [2.05, 4.69) is 20.9 Å². The third-order valence-corrected chi connectivity index (χ3v) is 6.95. The molecule has 2 aliphatic rings. The quantitative estimate of drug-likeness (QED) is 0.593. The molecular formula is C23H30N4O4S. The van der Waals surface area contributed by atoms with Crippen LogP contribution in [0.4, 0.5) is 10.5 Å². The number of morpholine rings is 1. The van der Waals surface area contributed by atoms with Crippen LogP contribution in [0.1, 0.15) is 28.1 Å². The van der Waals surface area contributed by atoms with Gasteiger partial charge in [-0.15, -0.1) is 11.3 Å². The first-order valence-electron chi connectivity index (χ1n) is 11.0. The molecule has 0 radical (unpaired) electrons. The predicted molar refractivity (Wildman–Crippen MR) is 124 cm³/mol. The summed E-state index contributed by atoms with van der Waals surface area (Å²) in [5.74, 6) is -0.170. The smallest absolute Gasteiger partial charge is 0.319 e. The Morgan fingerprint density at radius 3 is 2.53 bits per heavy atom. The highest BCUT2D eigenvalue weighted by Crippen LogP contribution is 2.28. The van der Waals surface area contributed by atoms with Gasteiger partial charge >= 0.3 is 6.03 Å². The first kappa shape index (κ1) is 22.7. The summed E-state index contributed by atoms with van der Waals surface area (Å²) in [6.45, 7) is 5.60. The Balaban J connectivity index is 1.32. The number of carbonyl (C=O) groups excluding carboxylic acids is 2. The van der Waals surface area contributed by atoms with Gasteiger partial charge in [0.05, 0.1) is 19.8 Å². The summed E-state index contributed by atoms with van der Waals surface area (Å²) in [4.78, 5) is 28.6. The summed E-state index contributed by atoms with van der Waals surface area (Å²) < 4.78 is 11.1. The number of ether oxygens (including phenoxy) is 2. The van der Waals surface area contributed by atoms with E-state index in [9.17, 15) is 9.59 Å². The van der Waals surface area contributed by atoms with Crippen LogP contribution in [0.25, 0.3) is 0 Å². The fourth-order valence-corrected chi connectivity index (χ4v) is 4.88. The summed E-state index contributed by atoms with van der Waals surface area (Å²) in [5.41, 5.74) is 0.982. The molecule has 1 aromatic carbocycles. The summed E-state index contributed by atoms with van der Waals surface area (Å²) in [6, 6.07) is 10.6. The summed E-state index contributed by atoms with van der Waals surface area (Å²) >= 11 is 1.60. The van der Waals surface area contributed by atoms with E-state index < -0.39 is 0 Å². The molecule has 0 saturated carbocycles. The zero-order valence-corrected chi connectivity index (χ0v) is 18.9. The molecule has 4 rings (SSSR count). The maximum Gasteiger partial charge on any atom is 0.319 e. The molecular weight excluding hydrogens is 428 g/mol. The molecule has 0 bridgehead atoms. The molecule has 2 saturated heterocycles. The van der Waals surface area contributed by atoms with Crippen LogP contribution in [-0.4, -0.2) is 68.4 Å². The molecule has 0 atom stereocenters. The number of rotatable bonds is 7. The number of thiophene rings is 1. The Bertz CT molecular complexity index is 893. The first-order chi connectivity index (χ1) is 15.6. The second kappa shape index (κ2) is 10.9. The number of amides is 3. The number of anilines is 1. The Morgan fingerprint density at radius 1 is 1.00 bits per heavy atom. The molecule has 172 valence electrons. The molecule has 3 amide bonds. The molecule has 8 nitrogen and oxygen atoms in total. The topological polar surface area (TPSA) is 91.9 Å². The van der Waals surface area contributed by atoms with Gasteiger partial charge in [-0.25, -0.2) is 4.79 Å². The van der Waals surface area contributed by atoms with Gasteiger partial charge in [-0.2, -0.15) is 0 Å². The predicted octanol–water partition coefficient (Wildman–Crippen LogP) is 2.68. The van der Waals surface area contributed by atoms with E-state index >= 15 is 0 Å². The Labute approximate surface area is 192 Å². The van der Waals surface area contributed by atoms with E-state index in [0.717, 1.165) is 44.0 Å². The van der Waals surface area contributed by atoms with Crippen LogP contribution in [0.15, 0.2) is 41.8 Å². The number of carbonyl (C=O) groups is 2. The van der Waals surface area contributed by atoms with Crippen LogP contribution in [0.2, 0.25) is 0 Å². The van der Waals surface area contributed by atoms with Gasteiger partial charge in [-0.3, -0.25) is 9.69 Å². The lowest BCUT2D eigenvalue weighted by molar-refractivity contribution is -0.0689. The Hall–Kier alpha value is -2.46. The molecule has 2 aliphatic heterocycles. The normalized spacial score (nSPS) is 18.6. The average molecular weight is 459 g/mol. The van der Waals surface area contributed by atoms with E-state index in [-0.39, 0.29) is 17.5 Å². The molecule has 3 N–H and O–H groups in total. The Morgan fingerprint density at radius 2 is 1.78 bits per heavy atom. The zero-order valence-electron chi connectivity index (χ0n) is 18.1. The van der Waals surface area contributed by atoms with Gasteiger partial charge in [0.15, 0.2) is 0 Å². The number of hydrogen-bond donors (Lipinski definition) is 3. The van der Waals surface area contributed by atoms with Crippen molar-refractivity contribution in [3.05, 3.63) is 52.2 Å². The molecule has 0 spiro atoms. The molecule has 32 heavy (non-hydrogen) atoms. The number of urea groups is 1. The second-order valence-corrected chi connectivity index (χ2v) is 9.12. The van der Waals surface area contributed by atoms with Crippen molar-refractivity contribution in [2.24, 2.45) is 0 Å². The van der Waals surface area contributed by atoms with Crippen molar-refractivity contribution in [1.82, 2.24) is 15.5 Å². The van der Waals surface area contributed by atoms with Crippen molar-refractivity contribution in [1.29, 1.82) is 0 Å². The third-order valence-electron chi connectivity index (χ3n) is 6.07. The minimum Gasteiger partial charge on any atom is -0.381 e. The zero-order chi connectivity index (χ0) is 22.2. The summed E-state index contributed by atoms with van der Waals surface area (Å²) in [6.07, 6.45) is 1.76. The minimum absolute atomic E-state index is 0.108. The molecule has 9 heteroatoms. The lowest BCUT2D eigenvalue weighted by Gasteiger charge is -2.47. The largest absolute Gasteiger partial charge is 0.381 e. The van der Waals surface area contributed by atoms with E-state index in [0.29, 0.717) is 37.6 Å². The third kappa shape index (κ3) is 5.86. The van der Waals surface area contributed by atoms with Crippen molar-refractivity contribution in [2.75, 3.05) is 51.4 Å². The van der Waals surface area contributed by atoms with Crippen molar-refractivity contribution in [3.63, 3.8) is 0 Å². The Kier molecular flexibility index (Phi) is 7.75. The lowest BCUT2D eigenvalue weighted by Crippen LogP contribution is -2.61. The van der Waals surface area contributed by atoms with Gasteiger partial charge in [0.25, 0.3) is 5.91 Å². The second-order valence-electron chi connectivity index (χ2n) is 8.09. The van der Waals surface area contributed by atoms with Gasteiger partial charge in [-0.1, -0.05) is 12.1 Å². The highest BCUT2D eigenvalue weighted by molar-refractivity contribution is 7.09. The fourth-order valence-electron chi connectivity index (χ4n) is 4.23. The molecule has 0 aliphatic carbocycles. The molecule has 0 unspecified atom stereocenters. The standard InChI is InChI=1S/C23H30N4O4S/c28-21(24-16-20-5-2-14-32-20)18-3-1-4-19(15-18)26-22(29)25-17-23(6-10-30-11-7-23)27-8-12-31-13-9-27/h1-5,14-15H,6-13,16-17H2,(H,24,28)(H2,25,26,29). The van der Waals surface area contributed by atoms with Gasteiger partial charge in [-0.05, 0) is 42.5 Å². The lowest BCUT2D eigenvalue weighted by atomic mass is 9.87. The van der Waals surface area contributed by atoms with Crippen molar-refractivity contribution < 1.29 is 19.1 Å². The number of benzene rings is 1. The van der Waals surface area contributed by atoms with Gasteiger partial charge < -0.3 is 25.4 Å². The van der Waals surface area contributed by atoms with E-state index in [1.165, 1.54) is 0 Å². The summed E-state index contributed by atoms with van der Waals surface area (Å²) in [7, 11) is 0. The van der Waals surface area contributed by atoms with Gasteiger partial charge in [0, 0.05) is 54.5 Å². The molecule has 2 aromatic rings. The maximum atomic E-state index is 12.6. The van der Waals surface area contributed by atoms with Crippen LogP contribution in [0, 0.1) is 0 Å². The van der Waals surface area contributed by atoms with E-state index in [1.54, 1.807) is 35.6 Å². The molecule has 3 heterocycles. The molecule has 2 fully saturated rings. The highest BCUT2D eigenvalue weighted by atomic mass is 32.1. The van der Waals surface area contributed by atoms with Crippen molar-refractivity contribution in [3.8, 4) is 0 Å². The van der Waals surface area contributed by atoms with Crippen LogP contribution in [0.5, 0.6) is 0 Å².